The minimum atomic E-state index is -0.520. The van der Waals surface area contributed by atoms with E-state index < -0.39 is 12.0 Å². The van der Waals surface area contributed by atoms with Gasteiger partial charge in [-0.1, -0.05) is 6.92 Å². The van der Waals surface area contributed by atoms with Crippen LogP contribution in [0.5, 0.6) is 0 Å². The Bertz CT molecular complexity index is 1540. The highest BCUT2D eigenvalue weighted by Gasteiger charge is 2.37. The molecular weight excluding hydrogens is 465 g/mol. The van der Waals surface area contributed by atoms with Gasteiger partial charge in [-0.3, -0.25) is 9.59 Å². The summed E-state index contributed by atoms with van der Waals surface area (Å²) in [6, 6.07) is 2.93. The largest absolute Gasteiger partial charge is 0.460 e. The molecule has 8 nitrogen and oxygen atoms in total. The molecule has 4 heterocycles. The van der Waals surface area contributed by atoms with Crippen molar-refractivity contribution < 1.29 is 23.5 Å². The van der Waals surface area contributed by atoms with E-state index in [9.17, 15) is 18.8 Å². The van der Waals surface area contributed by atoms with Crippen LogP contribution < -0.4 is 10.9 Å². The predicted molar refractivity (Wildman–Crippen MR) is 129 cm³/mol. The Kier molecular flexibility index (Phi) is 5.14. The normalized spacial score (nSPS) is 19.4. The Morgan fingerprint density at radius 2 is 2.06 bits per heavy atom. The number of carbonyl (C=O) groups is 2. The maximum atomic E-state index is 14.9. The van der Waals surface area contributed by atoms with Gasteiger partial charge >= 0.3 is 12.1 Å². The van der Waals surface area contributed by atoms with Crippen molar-refractivity contribution in [2.75, 3.05) is 6.61 Å². The molecule has 2 atom stereocenters. The SMILES string of the molecule is CCOC(=O)N[C@H]1CCc2c(C)c(F)cc3nc4c(c1c23)Cn1c-4cc2c(c1=O)COC(=O)[C@@H]2CC. The summed E-state index contributed by atoms with van der Waals surface area (Å²) in [6.07, 6.45) is 1.15. The molecule has 0 saturated carbocycles. The number of nitrogens with one attached hydrogen (secondary N) is 1. The molecule has 0 spiro atoms. The Balaban J connectivity index is 1.62. The van der Waals surface area contributed by atoms with Crippen molar-refractivity contribution in [2.24, 2.45) is 0 Å². The Morgan fingerprint density at radius 1 is 1.25 bits per heavy atom. The van der Waals surface area contributed by atoms with Crippen LogP contribution in [0.3, 0.4) is 0 Å². The number of nitrogens with zero attached hydrogens (tertiary/aromatic N) is 2. The quantitative estimate of drug-likeness (QED) is 0.432. The van der Waals surface area contributed by atoms with E-state index in [1.54, 1.807) is 18.4 Å². The van der Waals surface area contributed by atoms with Crippen LogP contribution >= 0.6 is 0 Å². The summed E-state index contributed by atoms with van der Waals surface area (Å²) in [5.41, 5.74) is 5.75. The number of cyclic esters (lactones) is 1. The maximum absolute atomic E-state index is 14.9. The number of ether oxygens (including phenoxy) is 2. The highest BCUT2D eigenvalue weighted by atomic mass is 19.1. The van der Waals surface area contributed by atoms with E-state index in [1.807, 2.05) is 13.0 Å². The Morgan fingerprint density at radius 3 is 2.81 bits per heavy atom. The number of hydrogen-bond donors (Lipinski definition) is 1. The minimum Gasteiger partial charge on any atom is -0.460 e. The van der Waals surface area contributed by atoms with Crippen LogP contribution in [-0.2, 0) is 33.8 Å². The first kappa shape index (κ1) is 22.7. The summed E-state index contributed by atoms with van der Waals surface area (Å²) < 4.78 is 27.0. The topological polar surface area (TPSA) is 99.5 Å². The second-order valence-corrected chi connectivity index (χ2v) is 9.59. The number of pyridine rings is 2. The molecule has 3 aromatic rings. The number of aromatic nitrogens is 2. The average molecular weight is 492 g/mol. The zero-order valence-electron chi connectivity index (χ0n) is 20.4. The van der Waals surface area contributed by atoms with Crippen molar-refractivity contribution in [1.82, 2.24) is 14.9 Å². The summed E-state index contributed by atoms with van der Waals surface area (Å²) in [5, 5.41) is 3.80. The van der Waals surface area contributed by atoms with Crippen LogP contribution in [0.2, 0.25) is 0 Å². The van der Waals surface area contributed by atoms with Gasteiger partial charge in [-0.05, 0) is 61.4 Å². The minimum absolute atomic E-state index is 0.0516. The number of carbonyl (C=O) groups excluding carboxylic acids is 2. The molecule has 9 heteroatoms. The summed E-state index contributed by atoms with van der Waals surface area (Å²) in [5.74, 6) is -1.18. The van der Waals surface area contributed by atoms with E-state index in [-0.39, 0.29) is 43.1 Å². The van der Waals surface area contributed by atoms with Gasteiger partial charge in [0.2, 0.25) is 0 Å². The third-order valence-corrected chi connectivity index (χ3v) is 7.76. The molecule has 0 unspecified atom stereocenters. The zero-order valence-corrected chi connectivity index (χ0v) is 20.4. The highest BCUT2D eigenvalue weighted by molar-refractivity contribution is 5.93. The van der Waals surface area contributed by atoms with Crippen LogP contribution in [0.1, 0.15) is 72.0 Å². The van der Waals surface area contributed by atoms with Crippen LogP contribution in [0.4, 0.5) is 9.18 Å². The van der Waals surface area contributed by atoms with Crippen LogP contribution in [0, 0.1) is 12.7 Å². The van der Waals surface area contributed by atoms with Gasteiger partial charge in [0.05, 0.1) is 47.6 Å². The van der Waals surface area contributed by atoms with Gasteiger partial charge in [-0.25, -0.2) is 14.2 Å². The number of hydrogen-bond acceptors (Lipinski definition) is 6. The lowest BCUT2D eigenvalue weighted by molar-refractivity contribution is -0.148. The van der Waals surface area contributed by atoms with Gasteiger partial charge in [-0.2, -0.15) is 0 Å². The van der Waals surface area contributed by atoms with E-state index in [1.165, 1.54) is 6.07 Å². The van der Waals surface area contributed by atoms with E-state index in [0.717, 1.165) is 22.1 Å². The molecule has 1 aromatic carbocycles. The lowest BCUT2D eigenvalue weighted by atomic mass is 9.81. The fraction of sp³-hybridized carbons (Fsp3) is 0.407. The van der Waals surface area contributed by atoms with Crippen molar-refractivity contribution >= 4 is 23.0 Å². The molecule has 2 aliphatic heterocycles. The maximum Gasteiger partial charge on any atom is 0.407 e. The molecule has 3 aliphatic rings. The number of fused-ring (bicyclic) bond motifs is 5. The molecule has 0 saturated heterocycles. The van der Waals surface area contributed by atoms with E-state index in [0.29, 0.717) is 52.9 Å². The number of aryl methyl sites for hydroxylation is 1. The molecule has 2 aromatic heterocycles. The monoisotopic (exact) mass is 491 g/mol. The van der Waals surface area contributed by atoms with Gasteiger partial charge in [-0.15, -0.1) is 0 Å². The van der Waals surface area contributed by atoms with Crippen molar-refractivity contribution in [3.63, 3.8) is 0 Å². The van der Waals surface area contributed by atoms with Crippen molar-refractivity contribution in [3.8, 4) is 11.4 Å². The molecule has 6 rings (SSSR count). The predicted octanol–water partition coefficient (Wildman–Crippen LogP) is 4.16. The number of alkyl carbamates (subject to hydrolysis) is 1. The molecule has 186 valence electrons. The van der Waals surface area contributed by atoms with Gasteiger partial charge in [0.15, 0.2) is 0 Å². The summed E-state index contributed by atoms with van der Waals surface area (Å²) >= 11 is 0. The molecule has 1 amide bonds. The number of esters is 1. The second-order valence-electron chi connectivity index (χ2n) is 9.59. The van der Waals surface area contributed by atoms with Gasteiger partial charge in [0, 0.05) is 17.0 Å². The lowest BCUT2D eigenvalue weighted by Crippen LogP contribution is -2.33. The summed E-state index contributed by atoms with van der Waals surface area (Å²) in [4.78, 5) is 43.2. The first-order chi connectivity index (χ1) is 17.3. The third kappa shape index (κ3) is 3.11. The second kappa shape index (κ2) is 8.15. The highest BCUT2D eigenvalue weighted by Crippen LogP contribution is 2.45. The molecule has 0 radical (unpaired) electrons. The fourth-order valence-electron chi connectivity index (χ4n) is 6.04. The average Bonchev–Trinajstić information content (AvgIpc) is 3.22. The van der Waals surface area contributed by atoms with Crippen LogP contribution in [0.15, 0.2) is 16.9 Å². The molecule has 1 aliphatic carbocycles. The van der Waals surface area contributed by atoms with Crippen LogP contribution in [0.25, 0.3) is 22.3 Å². The summed E-state index contributed by atoms with van der Waals surface area (Å²) in [7, 11) is 0. The lowest BCUT2D eigenvalue weighted by Gasteiger charge is -2.29. The van der Waals surface area contributed by atoms with E-state index in [4.69, 9.17) is 14.5 Å². The van der Waals surface area contributed by atoms with E-state index >= 15 is 0 Å². The first-order valence-corrected chi connectivity index (χ1v) is 12.3. The zero-order chi connectivity index (χ0) is 25.3. The smallest absolute Gasteiger partial charge is 0.407 e. The summed E-state index contributed by atoms with van der Waals surface area (Å²) in [6.45, 7) is 5.85. The van der Waals surface area contributed by atoms with Gasteiger partial charge in [0.1, 0.15) is 12.4 Å². The molecule has 36 heavy (non-hydrogen) atoms. The molecule has 0 fully saturated rings. The first-order valence-electron chi connectivity index (χ1n) is 12.3. The Hall–Kier alpha value is -3.75. The van der Waals surface area contributed by atoms with Crippen molar-refractivity contribution in [3.05, 3.63) is 61.7 Å². The molecule has 1 N–H and O–H groups in total. The van der Waals surface area contributed by atoms with Gasteiger partial charge in [0.25, 0.3) is 5.56 Å². The van der Waals surface area contributed by atoms with Gasteiger partial charge < -0.3 is 19.4 Å². The number of halogens is 1. The number of rotatable bonds is 3. The fourth-order valence-corrected chi connectivity index (χ4v) is 6.04. The van der Waals surface area contributed by atoms with E-state index in [2.05, 4.69) is 5.32 Å². The third-order valence-electron chi connectivity index (χ3n) is 7.76. The number of amides is 1. The molecular formula is C27H26FN3O5. The molecule has 0 bridgehead atoms. The number of benzene rings is 1. The standard InChI is InChI=1S/C27H26FN3O5/c1-4-13-15-8-21-24-16(10-31(21)25(32)17(15)11-36-26(13)33)23-19(30-27(34)35-5-2)7-6-14-12(3)18(28)9-20(29-24)22(14)23/h8-9,13,19H,4-7,10-11H2,1-3H3,(H,30,34)/t13-,19+/m1/s1. The van der Waals surface area contributed by atoms with Crippen molar-refractivity contribution in [1.29, 1.82) is 0 Å². The van der Waals surface area contributed by atoms with Crippen molar-refractivity contribution in [2.45, 2.75) is 65.1 Å². The van der Waals surface area contributed by atoms with Crippen LogP contribution in [-0.4, -0.2) is 28.2 Å². The Labute approximate surface area is 206 Å².